The van der Waals surface area contributed by atoms with E-state index in [1.54, 1.807) is 7.05 Å². The summed E-state index contributed by atoms with van der Waals surface area (Å²) in [5.74, 6) is 0.889. The number of aromatic nitrogens is 2. The number of piperidine rings is 1. The van der Waals surface area contributed by atoms with Crippen molar-refractivity contribution in [3.63, 3.8) is 0 Å². The Morgan fingerprint density at radius 1 is 1.42 bits per heavy atom. The van der Waals surface area contributed by atoms with Crippen molar-refractivity contribution in [1.82, 2.24) is 25.1 Å². The summed E-state index contributed by atoms with van der Waals surface area (Å²) in [4.78, 5) is 10.6. The molecule has 0 bridgehead atoms. The molecule has 2 heterocycles. The van der Waals surface area contributed by atoms with E-state index in [1.807, 2.05) is 0 Å². The van der Waals surface area contributed by atoms with Gasteiger partial charge in [0, 0.05) is 38.6 Å². The maximum atomic E-state index is 12.8. The minimum Gasteiger partial charge on any atom is -0.356 e. The van der Waals surface area contributed by atoms with E-state index >= 15 is 0 Å². The van der Waals surface area contributed by atoms with E-state index in [1.165, 1.54) is 38.2 Å². The number of alkyl halides is 2. The summed E-state index contributed by atoms with van der Waals surface area (Å²) in [6, 6.07) is 0.671. The first-order valence-corrected chi connectivity index (χ1v) is 8.60. The Morgan fingerprint density at radius 3 is 2.96 bits per heavy atom. The highest BCUT2D eigenvalue weighted by molar-refractivity contribution is 5.79. The van der Waals surface area contributed by atoms with Crippen molar-refractivity contribution in [2.75, 3.05) is 26.7 Å². The van der Waals surface area contributed by atoms with Gasteiger partial charge in [-0.2, -0.15) is 8.78 Å². The largest absolute Gasteiger partial charge is 0.356 e. The molecule has 6 nitrogen and oxygen atoms in total. The molecule has 2 N–H and O–H groups in total. The summed E-state index contributed by atoms with van der Waals surface area (Å²) >= 11 is 0. The van der Waals surface area contributed by atoms with Crippen molar-refractivity contribution in [1.29, 1.82) is 0 Å². The second-order valence-electron chi connectivity index (χ2n) is 6.12. The first-order chi connectivity index (χ1) is 11.6. The highest BCUT2D eigenvalue weighted by atomic mass is 19.3. The number of likely N-dealkylation sites (tertiary alicyclic amines) is 1. The van der Waals surface area contributed by atoms with Gasteiger partial charge in [0.1, 0.15) is 5.82 Å². The van der Waals surface area contributed by atoms with E-state index in [4.69, 9.17) is 0 Å². The van der Waals surface area contributed by atoms with Crippen LogP contribution in [0.1, 0.15) is 45.0 Å². The molecule has 0 aromatic carbocycles. The fourth-order valence-electron chi connectivity index (χ4n) is 3.02. The first kappa shape index (κ1) is 18.6. The zero-order valence-corrected chi connectivity index (χ0v) is 14.5. The van der Waals surface area contributed by atoms with Crippen LogP contribution in [-0.2, 0) is 6.54 Å². The molecule has 1 aliphatic rings. The Balaban J connectivity index is 1.68. The molecule has 1 aromatic rings. The van der Waals surface area contributed by atoms with E-state index in [0.717, 1.165) is 24.1 Å². The first-order valence-electron chi connectivity index (χ1n) is 8.60. The van der Waals surface area contributed by atoms with Gasteiger partial charge in [-0.05, 0) is 32.7 Å². The molecule has 1 aliphatic heterocycles. The third-order valence-corrected chi connectivity index (χ3v) is 4.45. The molecule has 0 aliphatic carbocycles. The Kier molecular flexibility index (Phi) is 7.42. The van der Waals surface area contributed by atoms with E-state index in [0.29, 0.717) is 12.0 Å². The molecule has 1 saturated heterocycles. The molecule has 0 amide bonds. The van der Waals surface area contributed by atoms with Crippen LogP contribution in [0.4, 0.5) is 8.78 Å². The average molecular weight is 342 g/mol. The molecule has 136 valence electrons. The SMILES string of the molecule is CN=C(NCCCN1CCCCC1C)NCc1nccn1C(F)F. The zero-order valence-electron chi connectivity index (χ0n) is 14.5. The van der Waals surface area contributed by atoms with Crippen LogP contribution in [0.2, 0.25) is 0 Å². The number of hydrogen-bond donors (Lipinski definition) is 2. The second kappa shape index (κ2) is 9.56. The number of hydrogen-bond acceptors (Lipinski definition) is 3. The number of halogens is 2. The lowest BCUT2D eigenvalue weighted by Crippen LogP contribution is -2.41. The Hall–Kier alpha value is -1.70. The summed E-state index contributed by atoms with van der Waals surface area (Å²) in [5, 5.41) is 6.25. The molecule has 8 heteroatoms. The van der Waals surface area contributed by atoms with E-state index in [9.17, 15) is 8.78 Å². The van der Waals surface area contributed by atoms with Crippen molar-refractivity contribution in [2.24, 2.45) is 4.99 Å². The Bertz CT molecular complexity index is 516. The standard InChI is InChI=1S/C16H28F2N6/c1-13-6-3-4-9-23(13)10-5-7-21-16(19-2)22-12-14-20-8-11-24(14)15(17)18/h8,11,13,15H,3-7,9-10,12H2,1-2H3,(H2,19,21,22). The highest BCUT2D eigenvalue weighted by Gasteiger charge is 2.17. The number of nitrogens with zero attached hydrogens (tertiary/aromatic N) is 4. The maximum absolute atomic E-state index is 12.8. The molecule has 0 saturated carbocycles. The van der Waals surface area contributed by atoms with Crippen LogP contribution in [0, 0.1) is 0 Å². The fourth-order valence-corrected chi connectivity index (χ4v) is 3.02. The van der Waals surface area contributed by atoms with Gasteiger partial charge < -0.3 is 15.5 Å². The van der Waals surface area contributed by atoms with Crippen molar-refractivity contribution in [3.05, 3.63) is 18.2 Å². The van der Waals surface area contributed by atoms with Crippen molar-refractivity contribution < 1.29 is 8.78 Å². The summed E-state index contributed by atoms with van der Waals surface area (Å²) < 4.78 is 26.4. The van der Waals surface area contributed by atoms with Crippen LogP contribution < -0.4 is 10.6 Å². The highest BCUT2D eigenvalue weighted by Crippen LogP contribution is 2.16. The van der Waals surface area contributed by atoms with Gasteiger partial charge in [0.15, 0.2) is 5.96 Å². The smallest absolute Gasteiger partial charge is 0.319 e. The van der Waals surface area contributed by atoms with Gasteiger partial charge in [0.2, 0.25) is 0 Å². The van der Waals surface area contributed by atoms with Gasteiger partial charge in [-0.25, -0.2) is 4.98 Å². The number of nitrogens with one attached hydrogen (secondary N) is 2. The quantitative estimate of drug-likeness (QED) is 0.453. The van der Waals surface area contributed by atoms with Crippen molar-refractivity contribution >= 4 is 5.96 Å². The average Bonchev–Trinajstić information content (AvgIpc) is 3.04. The lowest BCUT2D eigenvalue weighted by molar-refractivity contribution is 0.0668. The Morgan fingerprint density at radius 2 is 2.25 bits per heavy atom. The normalized spacial score (nSPS) is 19.7. The topological polar surface area (TPSA) is 57.5 Å². The lowest BCUT2D eigenvalue weighted by Gasteiger charge is -2.33. The minimum absolute atomic E-state index is 0.209. The number of imidazole rings is 1. The molecule has 1 atom stereocenters. The van der Waals surface area contributed by atoms with Crippen LogP contribution in [-0.4, -0.2) is 53.1 Å². The van der Waals surface area contributed by atoms with Gasteiger partial charge in [0.25, 0.3) is 0 Å². The number of rotatable bonds is 7. The van der Waals surface area contributed by atoms with Crippen LogP contribution in [0.15, 0.2) is 17.4 Å². The Labute approximate surface area is 142 Å². The van der Waals surface area contributed by atoms with Crippen molar-refractivity contribution in [3.8, 4) is 0 Å². The molecule has 2 rings (SSSR count). The van der Waals surface area contributed by atoms with E-state index in [2.05, 4.69) is 32.4 Å². The van der Waals surface area contributed by atoms with Crippen LogP contribution in [0.3, 0.4) is 0 Å². The molecule has 1 aromatic heterocycles. The summed E-state index contributed by atoms with van der Waals surface area (Å²) in [6.07, 6.45) is 7.58. The molecule has 24 heavy (non-hydrogen) atoms. The summed E-state index contributed by atoms with van der Waals surface area (Å²) in [7, 11) is 1.67. The molecule has 0 radical (unpaired) electrons. The fraction of sp³-hybridized carbons (Fsp3) is 0.750. The van der Waals surface area contributed by atoms with E-state index in [-0.39, 0.29) is 12.4 Å². The molecular formula is C16H28F2N6. The summed E-state index contributed by atoms with van der Waals surface area (Å²) in [5.41, 5.74) is 0. The lowest BCUT2D eigenvalue weighted by atomic mass is 10.0. The van der Waals surface area contributed by atoms with Gasteiger partial charge in [-0.1, -0.05) is 6.42 Å². The summed E-state index contributed by atoms with van der Waals surface area (Å²) in [6.45, 7) is 2.97. The van der Waals surface area contributed by atoms with Crippen LogP contribution in [0.5, 0.6) is 0 Å². The minimum atomic E-state index is -2.58. The van der Waals surface area contributed by atoms with Gasteiger partial charge in [-0.15, -0.1) is 0 Å². The number of guanidine groups is 1. The predicted molar refractivity (Wildman–Crippen MR) is 91.2 cm³/mol. The maximum Gasteiger partial charge on any atom is 0.319 e. The molecule has 1 unspecified atom stereocenters. The molecular weight excluding hydrogens is 314 g/mol. The third-order valence-electron chi connectivity index (χ3n) is 4.45. The molecule has 1 fully saturated rings. The zero-order chi connectivity index (χ0) is 17.4. The predicted octanol–water partition coefficient (Wildman–Crippen LogP) is 2.21. The van der Waals surface area contributed by atoms with Gasteiger partial charge >= 0.3 is 6.55 Å². The van der Waals surface area contributed by atoms with Gasteiger partial charge in [0.05, 0.1) is 6.54 Å². The van der Waals surface area contributed by atoms with Crippen LogP contribution >= 0.6 is 0 Å². The van der Waals surface area contributed by atoms with E-state index < -0.39 is 6.55 Å². The van der Waals surface area contributed by atoms with Gasteiger partial charge in [-0.3, -0.25) is 9.56 Å². The second-order valence-corrected chi connectivity index (χ2v) is 6.12. The van der Waals surface area contributed by atoms with Crippen LogP contribution in [0.25, 0.3) is 0 Å². The third kappa shape index (κ3) is 5.43. The molecule has 0 spiro atoms. The van der Waals surface area contributed by atoms with Crippen molar-refractivity contribution in [2.45, 2.75) is 51.7 Å². The monoisotopic (exact) mass is 342 g/mol. The number of aliphatic imine (C=N–C) groups is 1.